The number of aryl methyl sites for hydroxylation is 1. The lowest BCUT2D eigenvalue weighted by atomic mass is 10.1. The Morgan fingerprint density at radius 3 is 2.37 bits per heavy atom. The third-order valence-corrected chi connectivity index (χ3v) is 4.65. The van der Waals surface area contributed by atoms with Gasteiger partial charge < -0.3 is 15.5 Å². The Morgan fingerprint density at radius 1 is 1.00 bits per heavy atom. The van der Waals surface area contributed by atoms with Gasteiger partial charge in [0.2, 0.25) is 0 Å². The van der Waals surface area contributed by atoms with Crippen LogP contribution in [0.3, 0.4) is 0 Å². The van der Waals surface area contributed by atoms with Gasteiger partial charge in [0, 0.05) is 32.7 Å². The third-order valence-electron chi connectivity index (χ3n) is 4.65. The van der Waals surface area contributed by atoms with Gasteiger partial charge in [0.1, 0.15) is 0 Å². The number of halogens is 1. The molecule has 1 amide bonds. The van der Waals surface area contributed by atoms with Crippen molar-refractivity contribution in [1.29, 1.82) is 0 Å². The third kappa shape index (κ3) is 9.15. The van der Waals surface area contributed by atoms with Gasteiger partial charge in [0.15, 0.2) is 5.96 Å². The van der Waals surface area contributed by atoms with E-state index in [0.29, 0.717) is 6.54 Å². The fourth-order valence-electron chi connectivity index (χ4n) is 2.87. The fraction of sp³-hybridized carbons (Fsp3) is 0.417. The van der Waals surface area contributed by atoms with E-state index in [0.717, 1.165) is 49.4 Å². The van der Waals surface area contributed by atoms with Gasteiger partial charge in [-0.05, 0) is 43.0 Å². The van der Waals surface area contributed by atoms with Crippen molar-refractivity contribution in [3.05, 3.63) is 70.8 Å². The molecule has 0 aliphatic heterocycles. The van der Waals surface area contributed by atoms with Gasteiger partial charge in [-0.3, -0.25) is 4.79 Å². The average molecular weight is 522 g/mol. The van der Waals surface area contributed by atoms with Gasteiger partial charge in [-0.1, -0.05) is 55.3 Å². The van der Waals surface area contributed by atoms with E-state index in [4.69, 9.17) is 4.99 Å². The summed E-state index contributed by atoms with van der Waals surface area (Å²) in [5.41, 5.74) is 4.31. The summed E-state index contributed by atoms with van der Waals surface area (Å²) in [6.45, 7) is 6.58. The van der Waals surface area contributed by atoms with Crippen LogP contribution in [0.1, 0.15) is 46.8 Å². The van der Waals surface area contributed by atoms with Crippen LogP contribution in [-0.4, -0.2) is 44.0 Å². The molecule has 0 aromatic heterocycles. The molecule has 0 saturated heterocycles. The molecule has 0 unspecified atom stereocenters. The number of carbonyl (C=O) groups is 1. The number of unbranched alkanes of at least 4 members (excludes halogenated alkanes) is 1. The number of nitrogens with zero attached hydrogens (tertiary/aromatic N) is 2. The first-order valence-corrected chi connectivity index (χ1v) is 10.4. The molecule has 0 heterocycles. The second-order valence-electron chi connectivity index (χ2n) is 7.51. The summed E-state index contributed by atoms with van der Waals surface area (Å²) in [6, 6.07) is 16.3. The molecule has 0 aliphatic carbocycles. The molecule has 0 fully saturated rings. The molecule has 164 valence electrons. The molecule has 0 radical (unpaired) electrons. The number of aliphatic imine (C=N–C) groups is 1. The summed E-state index contributed by atoms with van der Waals surface area (Å²) in [6.07, 6.45) is 3.08. The van der Waals surface area contributed by atoms with Crippen molar-refractivity contribution in [1.82, 2.24) is 15.5 Å². The zero-order valence-electron chi connectivity index (χ0n) is 18.6. The van der Waals surface area contributed by atoms with Crippen molar-refractivity contribution in [2.75, 3.05) is 27.2 Å². The molecule has 0 atom stereocenters. The Kier molecular flexibility index (Phi) is 12.1. The van der Waals surface area contributed by atoms with Gasteiger partial charge in [-0.25, -0.2) is 4.99 Å². The van der Waals surface area contributed by atoms with Crippen LogP contribution in [-0.2, 0) is 13.0 Å². The van der Waals surface area contributed by atoms with Gasteiger partial charge in [0.25, 0.3) is 5.91 Å². The predicted molar refractivity (Wildman–Crippen MR) is 137 cm³/mol. The minimum Gasteiger partial charge on any atom is -0.356 e. The first kappa shape index (κ1) is 25.9. The van der Waals surface area contributed by atoms with E-state index >= 15 is 0 Å². The number of amides is 1. The van der Waals surface area contributed by atoms with E-state index < -0.39 is 0 Å². The number of rotatable bonds is 9. The molecule has 0 spiro atoms. The summed E-state index contributed by atoms with van der Waals surface area (Å²) in [5.74, 6) is 0.862. The van der Waals surface area contributed by atoms with Crippen LogP contribution in [0.4, 0.5) is 0 Å². The number of nitrogens with one attached hydrogen (secondary N) is 2. The highest BCUT2D eigenvalue weighted by atomic mass is 127. The lowest BCUT2D eigenvalue weighted by Gasteiger charge is -2.14. The standard InChI is InChI=1S/C24H34N4O.HI/c1-5-6-15-25-24(27-18-21-12-10-19(2)11-13-21)26-16-14-20-8-7-9-22(17-20)23(29)28(3)4;/h7-13,17H,5-6,14-16,18H2,1-4H3,(H2,25,26,27);1H. The molecule has 30 heavy (non-hydrogen) atoms. The van der Waals surface area contributed by atoms with Crippen molar-refractivity contribution < 1.29 is 4.79 Å². The average Bonchev–Trinajstić information content (AvgIpc) is 2.72. The smallest absolute Gasteiger partial charge is 0.253 e. The molecule has 6 heteroatoms. The number of benzene rings is 2. The predicted octanol–water partition coefficient (Wildman–Crippen LogP) is 4.39. The van der Waals surface area contributed by atoms with Crippen LogP contribution >= 0.6 is 24.0 Å². The Bertz CT molecular complexity index is 803. The first-order chi connectivity index (χ1) is 14.0. The van der Waals surface area contributed by atoms with E-state index in [2.05, 4.69) is 54.8 Å². The van der Waals surface area contributed by atoms with E-state index in [-0.39, 0.29) is 29.9 Å². The molecule has 0 bridgehead atoms. The summed E-state index contributed by atoms with van der Waals surface area (Å²) in [5, 5.41) is 6.83. The summed E-state index contributed by atoms with van der Waals surface area (Å²) in [7, 11) is 3.55. The van der Waals surface area contributed by atoms with E-state index in [1.807, 2.05) is 18.2 Å². The Labute approximate surface area is 198 Å². The molecular formula is C24H35IN4O. The minimum absolute atomic E-state index is 0. The van der Waals surface area contributed by atoms with Crippen LogP contribution in [0, 0.1) is 6.92 Å². The maximum Gasteiger partial charge on any atom is 0.253 e. The maximum absolute atomic E-state index is 12.1. The second kappa shape index (κ2) is 14.0. The van der Waals surface area contributed by atoms with Crippen molar-refractivity contribution in [2.45, 2.75) is 39.7 Å². The summed E-state index contributed by atoms with van der Waals surface area (Å²) >= 11 is 0. The van der Waals surface area contributed by atoms with E-state index in [9.17, 15) is 4.79 Å². The Morgan fingerprint density at radius 2 is 1.70 bits per heavy atom. The fourth-order valence-corrected chi connectivity index (χ4v) is 2.87. The SMILES string of the molecule is CCCCNC(=NCc1ccc(C)cc1)NCCc1cccc(C(=O)N(C)C)c1.I. The van der Waals surface area contributed by atoms with Crippen molar-refractivity contribution in [3.63, 3.8) is 0 Å². The van der Waals surface area contributed by atoms with Crippen LogP contribution in [0.15, 0.2) is 53.5 Å². The largest absolute Gasteiger partial charge is 0.356 e. The van der Waals surface area contributed by atoms with Gasteiger partial charge in [-0.2, -0.15) is 0 Å². The van der Waals surface area contributed by atoms with Crippen LogP contribution < -0.4 is 10.6 Å². The highest BCUT2D eigenvalue weighted by Crippen LogP contribution is 2.08. The quantitative estimate of drug-likeness (QED) is 0.222. The lowest BCUT2D eigenvalue weighted by Crippen LogP contribution is -2.39. The zero-order chi connectivity index (χ0) is 21.1. The minimum atomic E-state index is 0. The number of hydrogen-bond acceptors (Lipinski definition) is 2. The van der Waals surface area contributed by atoms with Gasteiger partial charge in [-0.15, -0.1) is 24.0 Å². The van der Waals surface area contributed by atoms with Crippen molar-refractivity contribution in [2.24, 2.45) is 4.99 Å². The van der Waals surface area contributed by atoms with Crippen molar-refractivity contribution in [3.8, 4) is 0 Å². The Balaban J connectivity index is 0.00000450. The number of carbonyl (C=O) groups excluding carboxylic acids is 1. The molecule has 2 aromatic rings. The molecule has 2 aromatic carbocycles. The number of guanidine groups is 1. The lowest BCUT2D eigenvalue weighted by molar-refractivity contribution is 0.0827. The van der Waals surface area contributed by atoms with Crippen LogP contribution in [0.5, 0.6) is 0 Å². The monoisotopic (exact) mass is 522 g/mol. The zero-order valence-corrected chi connectivity index (χ0v) is 20.9. The molecule has 5 nitrogen and oxygen atoms in total. The molecular weight excluding hydrogens is 487 g/mol. The van der Waals surface area contributed by atoms with E-state index in [1.165, 1.54) is 11.1 Å². The highest BCUT2D eigenvalue weighted by Gasteiger charge is 2.08. The molecule has 2 N–H and O–H groups in total. The van der Waals surface area contributed by atoms with Gasteiger partial charge in [0.05, 0.1) is 6.54 Å². The normalized spacial score (nSPS) is 10.9. The molecule has 0 aliphatic rings. The molecule has 2 rings (SSSR count). The van der Waals surface area contributed by atoms with Gasteiger partial charge >= 0.3 is 0 Å². The Hall–Kier alpha value is -2.09. The first-order valence-electron chi connectivity index (χ1n) is 10.4. The number of hydrogen-bond donors (Lipinski definition) is 2. The topological polar surface area (TPSA) is 56.7 Å². The van der Waals surface area contributed by atoms with Crippen LogP contribution in [0.2, 0.25) is 0 Å². The summed E-state index contributed by atoms with van der Waals surface area (Å²) in [4.78, 5) is 18.5. The van der Waals surface area contributed by atoms with Crippen LogP contribution in [0.25, 0.3) is 0 Å². The summed E-state index contributed by atoms with van der Waals surface area (Å²) < 4.78 is 0. The maximum atomic E-state index is 12.1. The highest BCUT2D eigenvalue weighted by molar-refractivity contribution is 14.0. The molecule has 0 saturated carbocycles. The van der Waals surface area contributed by atoms with E-state index in [1.54, 1.807) is 19.0 Å². The second-order valence-corrected chi connectivity index (χ2v) is 7.51. The van der Waals surface area contributed by atoms with Crippen molar-refractivity contribution >= 4 is 35.8 Å².